The molecule has 0 saturated carbocycles. The third-order valence-electron chi connectivity index (χ3n) is 1.61. The van der Waals surface area contributed by atoms with Crippen molar-refractivity contribution in [1.82, 2.24) is 20.2 Å². The van der Waals surface area contributed by atoms with Gasteiger partial charge in [-0.2, -0.15) is 4.99 Å². The molecule has 0 aliphatic carbocycles. The monoisotopic (exact) mass is 242 g/mol. The minimum atomic E-state index is -0.120. The number of thioether (sulfide) groups is 1. The average molecular weight is 242 g/mol. The molecule has 16 heavy (non-hydrogen) atoms. The third-order valence-corrected chi connectivity index (χ3v) is 2.38. The highest BCUT2D eigenvalue weighted by Gasteiger charge is 2.06. The number of aryl methyl sites for hydroxylation is 1. The van der Waals surface area contributed by atoms with Crippen molar-refractivity contribution in [3.05, 3.63) is 5.82 Å². The molecule has 0 aliphatic heterocycles. The van der Waals surface area contributed by atoms with E-state index in [0.717, 1.165) is 13.0 Å². The second-order valence-electron chi connectivity index (χ2n) is 2.95. The van der Waals surface area contributed by atoms with Gasteiger partial charge in [-0.15, -0.1) is 5.10 Å². The van der Waals surface area contributed by atoms with Crippen molar-refractivity contribution < 1.29 is 0 Å². The molecule has 0 spiro atoms. The lowest BCUT2D eigenvalue weighted by Gasteiger charge is -2.01. The normalized spacial score (nSPS) is 10.1. The van der Waals surface area contributed by atoms with E-state index in [1.165, 1.54) is 11.8 Å². The molecule has 0 unspecified atom stereocenters. The van der Waals surface area contributed by atoms with Gasteiger partial charge in [0.05, 0.1) is 5.75 Å². The Morgan fingerprint density at radius 1 is 1.56 bits per heavy atom. The standard InChI is InChI=1S/C7H14N8S/c1-2-3-15-5(12-13-14-15)4-16-7(10)11-6(8)9/h2-4H2,1H3,(H5,8,9,10,11). The van der Waals surface area contributed by atoms with Crippen LogP contribution in [0.25, 0.3) is 0 Å². The Morgan fingerprint density at radius 2 is 2.31 bits per heavy atom. The number of aromatic nitrogens is 4. The van der Waals surface area contributed by atoms with E-state index in [4.69, 9.17) is 16.9 Å². The van der Waals surface area contributed by atoms with Crippen molar-refractivity contribution in [3.63, 3.8) is 0 Å². The number of nitrogens with zero attached hydrogens (tertiary/aromatic N) is 5. The van der Waals surface area contributed by atoms with E-state index >= 15 is 0 Å². The predicted molar refractivity (Wildman–Crippen MR) is 62.9 cm³/mol. The number of hydrogen-bond acceptors (Lipinski definition) is 5. The Bertz CT molecular complexity index is 379. The van der Waals surface area contributed by atoms with E-state index in [-0.39, 0.29) is 11.1 Å². The quantitative estimate of drug-likeness (QED) is 0.482. The zero-order valence-electron chi connectivity index (χ0n) is 8.92. The Hall–Kier alpha value is -1.64. The average Bonchev–Trinajstić information content (AvgIpc) is 2.62. The lowest BCUT2D eigenvalue weighted by molar-refractivity contribution is 0.564. The van der Waals surface area contributed by atoms with Crippen LogP contribution in [0.3, 0.4) is 0 Å². The first-order valence-corrected chi connectivity index (χ1v) is 5.68. The molecule has 1 heterocycles. The van der Waals surface area contributed by atoms with Gasteiger partial charge in [-0.1, -0.05) is 18.7 Å². The molecule has 5 N–H and O–H groups in total. The van der Waals surface area contributed by atoms with Crippen LogP contribution in [0.4, 0.5) is 0 Å². The van der Waals surface area contributed by atoms with Crippen LogP contribution >= 0.6 is 11.8 Å². The first-order valence-electron chi connectivity index (χ1n) is 4.69. The Morgan fingerprint density at radius 3 is 2.94 bits per heavy atom. The van der Waals surface area contributed by atoms with Gasteiger partial charge in [0.1, 0.15) is 0 Å². The summed E-state index contributed by atoms with van der Waals surface area (Å²) in [6, 6.07) is 0. The molecular formula is C7H14N8S. The van der Waals surface area contributed by atoms with Crippen molar-refractivity contribution in [2.75, 3.05) is 0 Å². The zero-order valence-corrected chi connectivity index (χ0v) is 9.74. The summed E-state index contributed by atoms with van der Waals surface area (Å²) in [6.45, 7) is 2.80. The van der Waals surface area contributed by atoms with Gasteiger partial charge >= 0.3 is 0 Å². The van der Waals surface area contributed by atoms with Crippen LogP contribution in [0.1, 0.15) is 19.2 Å². The van der Waals surface area contributed by atoms with Crippen LogP contribution in [-0.2, 0) is 12.3 Å². The maximum absolute atomic E-state index is 7.43. The maximum Gasteiger partial charge on any atom is 0.193 e. The highest BCUT2D eigenvalue weighted by molar-refractivity contribution is 8.13. The van der Waals surface area contributed by atoms with Crippen molar-refractivity contribution >= 4 is 22.9 Å². The predicted octanol–water partition coefficient (Wildman–Crippen LogP) is -0.476. The number of rotatable bonds is 4. The minimum absolute atomic E-state index is 0.0473. The Labute approximate surface area is 97.0 Å². The van der Waals surface area contributed by atoms with E-state index in [1.54, 1.807) is 4.68 Å². The van der Waals surface area contributed by atoms with Crippen LogP contribution in [0, 0.1) is 5.41 Å². The van der Waals surface area contributed by atoms with Gasteiger partial charge in [0.15, 0.2) is 17.0 Å². The second-order valence-corrected chi connectivity index (χ2v) is 3.91. The van der Waals surface area contributed by atoms with Crippen LogP contribution in [0.5, 0.6) is 0 Å². The number of nitrogens with two attached hydrogens (primary N) is 2. The summed E-state index contributed by atoms with van der Waals surface area (Å²) in [5, 5.41) is 18.7. The molecule has 1 rings (SSSR count). The van der Waals surface area contributed by atoms with E-state index in [1.807, 2.05) is 6.92 Å². The van der Waals surface area contributed by atoms with Gasteiger partial charge in [0, 0.05) is 6.54 Å². The minimum Gasteiger partial charge on any atom is -0.370 e. The van der Waals surface area contributed by atoms with Gasteiger partial charge in [-0.3, -0.25) is 5.41 Å². The fraction of sp³-hybridized carbons (Fsp3) is 0.571. The number of amidine groups is 1. The summed E-state index contributed by atoms with van der Waals surface area (Å²) in [4.78, 5) is 3.59. The topological polar surface area (TPSA) is 132 Å². The molecule has 0 radical (unpaired) electrons. The first-order chi connectivity index (χ1) is 7.63. The van der Waals surface area contributed by atoms with Crippen LogP contribution in [0.2, 0.25) is 0 Å². The molecule has 0 fully saturated rings. The molecule has 88 valence electrons. The van der Waals surface area contributed by atoms with Crippen LogP contribution in [0.15, 0.2) is 4.99 Å². The fourth-order valence-electron chi connectivity index (χ4n) is 0.995. The Balaban J connectivity index is 2.51. The smallest absolute Gasteiger partial charge is 0.193 e. The lowest BCUT2D eigenvalue weighted by Crippen LogP contribution is -2.23. The SMILES string of the molecule is CCCn1nnnc1CSC(=N)N=C(N)N. The molecular weight excluding hydrogens is 228 g/mol. The van der Waals surface area contributed by atoms with E-state index in [9.17, 15) is 0 Å². The zero-order chi connectivity index (χ0) is 12.0. The van der Waals surface area contributed by atoms with Gasteiger partial charge in [0.2, 0.25) is 0 Å². The van der Waals surface area contributed by atoms with Crippen LogP contribution < -0.4 is 11.5 Å². The van der Waals surface area contributed by atoms with Crippen molar-refractivity contribution in [2.24, 2.45) is 16.5 Å². The van der Waals surface area contributed by atoms with Gasteiger partial charge in [-0.05, 0) is 16.8 Å². The fourth-order valence-corrected chi connectivity index (χ4v) is 1.64. The molecule has 0 amide bonds. The number of hydrogen-bond donors (Lipinski definition) is 3. The number of guanidine groups is 1. The largest absolute Gasteiger partial charge is 0.370 e. The molecule has 0 aromatic carbocycles. The molecule has 0 saturated heterocycles. The van der Waals surface area contributed by atoms with Crippen molar-refractivity contribution in [1.29, 1.82) is 5.41 Å². The highest BCUT2D eigenvalue weighted by Crippen LogP contribution is 2.11. The van der Waals surface area contributed by atoms with Gasteiger partial charge in [0.25, 0.3) is 0 Å². The molecule has 0 atom stereocenters. The molecule has 0 bridgehead atoms. The van der Waals surface area contributed by atoms with E-state index < -0.39 is 0 Å². The third kappa shape index (κ3) is 3.85. The molecule has 1 aromatic heterocycles. The summed E-state index contributed by atoms with van der Waals surface area (Å²) >= 11 is 1.17. The molecule has 8 nitrogen and oxygen atoms in total. The van der Waals surface area contributed by atoms with Crippen molar-refractivity contribution in [2.45, 2.75) is 25.6 Å². The van der Waals surface area contributed by atoms with Gasteiger partial charge < -0.3 is 11.5 Å². The first kappa shape index (κ1) is 12.4. The molecule has 0 aliphatic rings. The second kappa shape index (κ2) is 6.05. The van der Waals surface area contributed by atoms with E-state index in [0.29, 0.717) is 11.6 Å². The summed E-state index contributed by atoms with van der Waals surface area (Å²) < 4.78 is 1.70. The number of aliphatic imine (C=N–C) groups is 1. The Kier molecular flexibility index (Phi) is 4.70. The summed E-state index contributed by atoms with van der Waals surface area (Å²) in [7, 11) is 0. The van der Waals surface area contributed by atoms with Gasteiger partial charge in [-0.25, -0.2) is 4.68 Å². The lowest BCUT2D eigenvalue weighted by atomic mass is 10.5. The number of tetrazole rings is 1. The van der Waals surface area contributed by atoms with E-state index in [2.05, 4.69) is 20.5 Å². The summed E-state index contributed by atoms with van der Waals surface area (Å²) in [5.41, 5.74) is 10.3. The summed E-state index contributed by atoms with van der Waals surface area (Å²) in [5.74, 6) is 1.07. The van der Waals surface area contributed by atoms with Crippen LogP contribution in [-0.4, -0.2) is 31.3 Å². The highest BCUT2D eigenvalue weighted by atomic mass is 32.2. The molecule has 1 aromatic rings. The number of nitrogens with one attached hydrogen (secondary N) is 1. The molecule has 9 heteroatoms. The maximum atomic E-state index is 7.43. The summed E-state index contributed by atoms with van der Waals surface area (Å²) in [6.07, 6.45) is 0.952. The van der Waals surface area contributed by atoms with Crippen molar-refractivity contribution in [3.8, 4) is 0 Å².